The van der Waals surface area contributed by atoms with Gasteiger partial charge >= 0.3 is 40.6 Å². The number of hydrogen-bond donors (Lipinski definition) is 1. The largest absolute Gasteiger partial charge is 0.333 e. The second-order valence-corrected chi connectivity index (χ2v) is 2.25. The van der Waals surface area contributed by atoms with E-state index in [9.17, 15) is 0 Å². The maximum absolute atomic E-state index is 4.50. The Bertz CT molecular complexity index is 46.0. The van der Waals surface area contributed by atoms with Crippen LogP contribution in [0.4, 0.5) is 0 Å². The summed E-state index contributed by atoms with van der Waals surface area (Å²) in [5.74, 6) is 0. The minimum absolute atomic E-state index is 1.41. The molecule has 7 heavy (non-hydrogen) atoms. The van der Waals surface area contributed by atoms with E-state index in [0.717, 1.165) is 0 Å². The van der Waals surface area contributed by atoms with E-state index >= 15 is 0 Å². The van der Waals surface area contributed by atoms with Crippen LogP contribution in [0.2, 0.25) is 0 Å². The summed E-state index contributed by atoms with van der Waals surface area (Å²) in [6.07, 6.45) is 2.10. The summed E-state index contributed by atoms with van der Waals surface area (Å²) >= 11 is 1.91. The molecule has 0 rings (SSSR count). The zero-order chi connectivity index (χ0) is 6.28. The number of rotatable bonds is 0. The van der Waals surface area contributed by atoms with Gasteiger partial charge in [0.25, 0.3) is 0 Å². The molecule has 0 saturated heterocycles. The van der Waals surface area contributed by atoms with E-state index in [0.29, 0.717) is 0 Å². The van der Waals surface area contributed by atoms with Crippen molar-refractivity contribution in [2.75, 3.05) is 7.05 Å². The third-order valence-electron chi connectivity index (χ3n) is 0.493. The Labute approximate surface area is 54.0 Å². The number of nitrogens with two attached hydrogens (primary N) is 1. The molecule has 0 aliphatic carbocycles. The van der Waals surface area contributed by atoms with Crippen molar-refractivity contribution in [3.8, 4) is 0 Å². The van der Waals surface area contributed by atoms with Crippen molar-refractivity contribution in [1.82, 2.24) is 0 Å². The van der Waals surface area contributed by atoms with Crippen LogP contribution in [0.3, 0.4) is 0 Å². The molecular formula is C5H13AlN+. The third-order valence-corrected chi connectivity index (χ3v) is 0.901. The molecule has 0 aromatic heterocycles. The van der Waals surface area contributed by atoms with Crippen LogP contribution < -0.4 is 5.73 Å². The Balaban J connectivity index is 0. The molecule has 0 heterocycles. The molecule has 0 amide bonds. The Morgan fingerprint density at radius 2 is 1.71 bits per heavy atom. The van der Waals surface area contributed by atoms with Gasteiger partial charge in [0.1, 0.15) is 0 Å². The van der Waals surface area contributed by atoms with Crippen LogP contribution >= 0.6 is 0 Å². The molecule has 2 heteroatoms. The molecule has 40 valence electrons. The smallest absolute Gasteiger partial charge is 0.0195 e. The monoisotopic (exact) mass is 114 g/mol. The van der Waals surface area contributed by atoms with E-state index in [1.165, 1.54) is 11.5 Å². The van der Waals surface area contributed by atoms with Gasteiger partial charge in [-0.1, -0.05) is 0 Å². The van der Waals surface area contributed by atoms with Gasteiger partial charge in [-0.15, -0.1) is 0 Å². The first-order valence-corrected chi connectivity index (χ1v) is 3.00. The summed E-state index contributed by atoms with van der Waals surface area (Å²) in [5.41, 5.74) is 4.50. The van der Waals surface area contributed by atoms with Crippen LogP contribution in [-0.2, 0) is 0 Å². The average Bonchev–Trinajstić information content (AvgIpc) is 1.73. The van der Waals surface area contributed by atoms with Crippen LogP contribution in [0.15, 0.2) is 10.5 Å². The molecule has 2 N–H and O–H groups in total. The van der Waals surface area contributed by atoms with Crippen molar-refractivity contribution < 1.29 is 0 Å². The summed E-state index contributed by atoms with van der Waals surface area (Å²) in [6.45, 7) is 4.14. The molecule has 0 fully saturated rings. The zero-order valence-corrected chi connectivity index (χ0v) is 6.78. The Morgan fingerprint density at radius 3 is 1.71 bits per heavy atom. The maximum atomic E-state index is 4.50. The SMILES string of the molecule is CC=[C](C)[AlH+].CN. The minimum atomic E-state index is 1.41. The molecule has 0 aromatic carbocycles. The van der Waals surface area contributed by atoms with Crippen LogP contribution in [0.5, 0.6) is 0 Å². The van der Waals surface area contributed by atoms with Crippen molar-refractivity contribution in [3.05, 3.63) is 10.5 Å². The van der Waals surface area contributed by atoms with Crippen molar-refractivity contribution in [2.45, 2.75) is 13.8 Å². The van der Waals surface area contributed by atoms with Gasteiger partial charge in [0.15, 0.2) is 0 Å². The Hall–Kier alpha value is 0.232. The molecule has 1 nitrogen and oxygen atoms in total. The van der Waals surface area contributed by atoms with Gasteiger partial charge in [-0.25, -0.2) is 0 Å². The quantitative estimate of drug-likeness (QED) is 0.453. The molecular weight excluding hydrogens is 101 g/mol. The molecule has 0 aliphatic heterocycles. The summed E-state index contributed by atoms with van der Waals surface area (Å²) < 4.78 is 1.41. The Kier molecular flexibility index (Phi) is 14.0. The first-order valence-electron chi connectivity index (χ1n) is 2.30. The van der Waals surface area contributed by atoms with E-state index in [-0.39, 0.29) is 0 Å². The van der Waals surface area contributed by atoms with E-state index in [2.05, 4.69) is 18.7 Å². The van der Waals surface area contributed by atoms with Gasteiger partial charge in [-0.2, -0.15) is 0 Å². The third kappa shape index (κ3) is 22.4. The van der Waals surface area contributed by atoms with Crippen LogP contribution in [-0.4, -0.2) is 23.3 Å². The number of allylic oxidation sites excluding steroid dienone is 2. The van der Waals surface area contributed by atoms with Crippen LogP contribution in [0.25, 0.3) is 0 Å². The molecule has 0 aromatic rings. The fourth-order valence-corrected chi connectivity index (χ4v) is 0. The molecule has 0 aliphatic rings. The van der Waals surface area contributed by atoms with Gasteiger partial charge in [0.2, 0.25) is 0 Å². The summed E-state index contributed by atoms with van der Waals surface area (Å²) in [7, 11) is 1.50. The van der Waals surface area contributed by atoms with Crippen LogP contribution in [0, 0.1) is 0 Å². The molecule has 0 atom stereocenters. The standard InChI is InChI=1S/C4H7.CH5N.Al.H/c1-3-4-2;1-2;;/h3H,1-2H3;2H2,1H3;;/q;;+1;. The van der Waals surface area contributed by atoms with E-state index in [4.69, 9.17) is 0 Å². The normalized spacial score (nSPS) is 9.29. The van der Waals surface area contributed by atoms with Crippen molar-refractivity contribution in [2.24, 2.45) is 5.73 Å². The fourth-order valence-electron chi connectivity index (χ4n) is 0. The van der Waals surface area contributed by atoms with Crippen molar-refractivity contribution in [1.29, 1.82) is 0 Å². The van der Waals surface area contributed by atoms with E-state index < -0.39 is 0 Å². The Morgan fingerprint density at radius 1 is 1.57 bits per heavy atom. The van der Waals surface area contributed by atoms with Gasteiger partial charge in [0, 0.05) is 0 Å². The van der Waals surface area contributed by atoms with Crippen molar-refractivity contribution in [3.63, 3.8) is 0 Å². The summed E-state index contributed by atoms with van der Waals surface area (Å²) in [4.78, 5) is 0. The van der Waals surface area contributed by atoms with E-state index in [1.807, 2.05) is 23.2 Å². The van der Waals surface area contributed by atoms with Crippen LogP contribution in [0.1, 0.15) is 13.8 Å². The average molecular weight is 114 g/mol. The zero-order valence-electron chi connectivity index (χ0n) is 5.36. The number of hydrogen-bond acceptors (Lipinski definition) is 1. The van der Waals surface area contributed by atoms with Gasteiger partial charge in [-0.3, -0.25) is 0 Å². The second kappa shape index (κ2) is 9.53. The predicted octanol–water partition coefficient (Wildman–Crippen LogP) is 0.386. The molecule has 0 saturated carbocycles. The van der Waals surface area contributed by atoms with Gasteiger partial charge < -0.3 is 5.73 Å². The van der Waals surface area contributed by atoms with E-state index in [1.54, 1.807) is 0 Å². The molecule has 0 bridgehead atoms. The first kappa shape index (κ1) is 10.3. The fraction of sp³-hybridized carbons (Fsp3) is 0.600. The molecule has 0 spiro atoms. The summed E-state index contributed by atoms with van der Waals surface area (Å²) in [5, 5.41) is 0. The van der Waals surface area contributed by atoms with Crippen molar-refractivity contribution >= 4 is 16.3 Å². The molecule has 0 unspecified atom stereocenters. The van der Waals surface area contributed by atoms with Gasteiger partial charge in [0.05, 0.1) is 0 Å². The predicted molar refractivity (Wildman–Crippen MR) is 36.7 cm³/mol. The second-order valence-electron chi connectivity index (χ2n) is 1.14. The summed E-state index contributed by atoms with van der Waals surface area (Å²) in [6, 6.07) is 0. The molecule has 0 radical (unpaired) electrons. The first-order chi connectivity index (χ1) is 3.27. The maximum Gasteiger partial charge on any atom is -0.0195 e. The minimum Gasteiger partial charge on any atom is -0.333 e. The van der Waals surface area contributed by atoms with Gasteiger partial charge in [-0.05, 0) is 7.05 Å². The topological polar surface area (TPSA) is 26.0 Å².